The van der Waals surface area contributed by atoms with E-state index in [1.807, 2.05) is 6.92 Å². The number of likely N-dealkylation sites (tertiary alicyclic amines) is 1. The van der Waals surface area contributed by atoms with E-state index in [1.165, 1.54) is 18.2 Å². The van der Waals surface area contributed by atoms with E-state index in [2.05, 4.69) is 0 Å². The van der Waals surface area contributed by atoms with Crippen LogP contribution in [0.25, 0.3) is 0 Å². The van der Waals surface area contributed by atoms with E-state index in [1.54, 1.807) is 4.90 Å². The van der Waals surface area contributed by atoms with Gasteiger partial charge in [-0.15, -0.1) is 0 Å². The number of ether oxygens (including phenoxy) is 1. The summed E-state index contributed by atoms with van der Waals surface area (Å²) in [5.74, 6) is -0.0890. The molecule has 0 N–H and O–H groups in total. The van der Waals surface area contributed by atoms with Crippen LogP contribution in [0, 0.1) is 10.1 Å². The highest BCUT2D eigenvalue weighted by molar-refractivity contribution is 6.30. The summed E-state index contributed by atoms with van der Waals surface area (Å²) in [4.78, 5) is 24.3. The lowest BCUT2D eigenvalue weighted by atomic mass is 10.0. The summed E-state index contributed by atoms with van der Waals surface area (Å²) < 4.78 is 5.33. The van der Waals surface area contributed by atoms with Gasteiger partial charge in [0.05, 0.1) is 4.92 Å². The molecule has 1 aromatic rings. The van der Waals surface area contributed by atoms with Crippen LogP contribution < -0.4 is 4.74 Å². The molecule has 0 aromatic heterocycles. The molecule has 1 aromatic carbocycles. The van der Waals surface area contributed by atoms with Gasteiger partial charge in [-0.1, -0.05) is 11.6 Å². The maximum Gasteiger partial charge on any atom is 0.312 e. The number of nitro groups is 1. The second-order valence-corrected chi connectivity index (χ2v) is 5.53. The molecule has 21 heavy (non-hydrogen) atoms. The molecule has 2 rings (SSSR count). The normalized spacial score (nSPS) is 18.4. The summed E-state index contributed by atoms with van der Waals surface area (Å²) >= 11 is 5.73. The van der Waals surface area contributed by atoms with Gasteiger partial charge in [-0.2, -0.15) is 0 Å². The van der Waals surface area contributed by atoms with E-state index in [9.17, 15) is 14.9 Å². The fraction of sp³-hybridized carbons (Fsp3) is 0.500. The molecular weight excluding hydrogens is 296 g/mol. The Morgan fingerprint density at radius 3 is 2.95 bits per heavy atom. The number of carbonyl (C=O) groups is 1. The second kappa shape index (κ2) is 6.76. The van der Waals surface area contributed by atoms with Gasteiger partial charge in [0, 0.05) is 23.7 Å². The number of piperidine rings is 1. The van der Waals surface area contributed by atoms with Gasteiger partial charge in [0.15, 0.2) is 12.4 Å². The van der Waals surface area contributed by atoms with E-state index in [4.69, 9.17) is 16.3 Å². The molecule has 1 fully saturated rings. The number of hydrogen-bond acceptors (Lipinski definition) is 4. The zero-order valence-electron chi connectivity index (χ0n) is 11.8. The smallest absolute Gasteiger partial charge is 0.312 e. The van der Waals surface area contributed by atoms with Crippen LogP contribution in [0.2, 0.25) is 5.02 Å². The van der Waals surface area contributed by atoms with Crippen LogP contribution in [0.1, 0.15) is 26.2 Å². The third-order valence-corrected chi connectivity index (χ3v) is 3.83. The van der Waals surface area contributed by atoms with Gasteiger partial charge in [0.1, 0.15) is 0 Å². The minimum atomic E-state index is -0.574. The first-order valence-electron chi connectivity index (χ1n) is 6.85. The maximum atomic E-state index is 12.1. The Morgan fingerprint density at radius 1 is 1.52 bits per heavy atom. The summed E-state index contributed by atoms with van der Waals surface area (Å²) in [5.41, 5.74) is -0.234. The second-order valence-electron chi connectivity index (χ2n) is 5.09. The predicted molar refractivity (Wildman–Crippen MR) is 78.6 cm³/mol. The summed E-state index contributed by atoms with van der Waals surface area (Å²) in [6, 6.07) is 4.31. The molecule has 0 spiro atoms. The summed E-state index contributed by atoms with van der Waals surface area (Å²) in [6.45, 7) is 2.51. The lowest BCUT2D eigenvalue weighted by Crippen LogP contribution is -2.44. The Balaban J connectivity index is 2.02. The zero-order valence-corrected chi connectivity index (χ0v) is 12.5. The number of benzene rings is 1. The van der Waals surface area contributed by atoms with Crippen LogP contribution in [0.5, 0.6) is 5.75 Å². The lowest BCUT2D eigenvalue weighted by molar-refractivity contribution is -0.385. The molecule has 0 radical (unpaired) electrons. The van der Waals surface area contributed by atoms with Crippen molar-refractivity contribution in [2.24, 2.45) is 0 Å². The van der Waals surface area contributed by atoms with Crippen molar-refractivity contribution in [3.63, 3.8) is 0 Å². The Hall–Kier alpha value is -1.82. The first kappa shape index (κ1) is 15.6. The number of hydrogen-bond donors (Lipinski definition) is 0. The minimum Gasteiger partial charge on any atom is -0.477 e. The van der Waals surface area contributed by atoms with Crippen LogP contribution in [-0.4, -0.2) is 34.9 Å². The highest BCUT2D eigenvalue weighted by Gasteiger charge is 2.24. The highest BCUT2D eigenvalue weighted by atomic mass is 35.5. The first-order valence-corrected chi connectivity index (χ1v) is 7.23. The molecule has 1 heterocycles. The molecule has 114 valence electrons. The van der Waals surface area contributed by atoms with Crippen molar-refractivity contribution in [2.75, 3.05) is 13.2 Å². The number of amides is 1. The number of halogens is 1. The number of nitro benzene ring substituents is 1. The third kappa shape index (κ3) is 3.85. The molecule has 0 aliphatic carbocycles. The van der Waals surface area contributed by atoms with E-state index < -0.39 is 4.92 Å². The number of carbonyl (C=O) groups excluding carboxylic acids is 1. The zero-order chi connectivity index (χ0) is 15.4. The molecule has 1 aliphatic rings. The molecule has 0 bridgehead atoms. The molecule has 1 atom stereocenters. The maximum absolute atomic E-state index is 12.1. The van der Waals surface area contributed by atoms with E-state index in [-0.39, 0.29) is 35.0 Å². The number of nitrogens with zero attached hydrogens (tertiary/aromatic N) is 2. The highest BCUT2D eigenvalue weighted by Crippen LogP contribution is 2.30. The van der Waals surface area contributed by atoms with Gasteiger partial charge < -0.3 is 9.64 Å². The average molecular weight is 313 g/mol. The SMILES string of the molecule is CC1CCCCN1C(=O)COc1ccc(Cl)cc1[N+](=O)[O-]. The van der Waals surface area contributed by atoms with Crippen molar-refractivity contribution in [3.05, 3.63) is 33.3 Å². The van der Waals surface area contributed by atoms with Crippen molar-refractivity contribution < 1.29 is 14.5 Å². The van der Waals surface area contributed by atoms with E-state index in [0.717, 1.165) is 19.3 Å². The van der Waals surface area contributed by atoms with Gasteiger partial charge >= 0.3 is 5.69 Å². The van der Waals surface area contributed by atoms with Gasteiger partial charge in [0.2, 0.25) is 0 Å². The Kier molecular flexibility index (Phi) is 5.01. The number of rotatable bonds is 4. The van der Waals surface area contributed by atoms with Crippen molar-refractivity contribution in [3.8, 4) is 5.75 Å². The topological polar surface area (TPSA) is 72.7 Å². The van der Waals surface area contributed by atoms with Gasteiger partial charge in [-0.3, -0.25) is 14.9 Å². The lowest BCUT2D eigenvalue weighted by Gasteiger charge is -2.33. The van der Waals surface area contributed by atoms with Crippen molar-refractivity contribution in [2.45, 2.75) is 32.2 Å². The van der Waals surface area contributed by atoms with Crippen molar-refractivity contribution in [1.29, 1.82) is 0 Å². The molecular formula is C14H17ClN2O4. The van der Waals surface area contributed by atoms with E-state index >= 15 is 0 Å². The predicted octanol–water partition coefficient (Wildman–Crippen LogP) is 3.03. The van der Waals surface area contributed by atoms with Crippen molar-refractivity contribution >= 4 is 23.2 Å². The quantitative estimate of drug-likeness (QED) is 0.633. The van der Waals surface area contributed by atoms with Crippen LogP contribution in [-0.2, 0) is 4.79 Å². The first-order chi connectivity index (χ1) is 9.99. The Morgan fingerprint density at radius 2 is 2.29 bits per heavy atom. The van der Waals surface area contributed by atoms with Crippen molar-refractivity contribution in [1.82, 2.24) is 4.90 Å². The summed E-state index contributed by atoms with van der Waals surface area (Å²) in [6.07, 6.45) is 3.08. The molecule has 7 heteroatoms. The molecule has 0 saturated carbocycles. The molecule has 1 unspecified atom stereocenters. The Labute approximate surface area is 127 Å². The van der Waals surface area contributed by atoms with Crippen LogP contribution in [0.15, 0.2) is 18.2 Å². The van der Waals surface area contributed by atoms with Gasteiger partial charge in [-0.25, -0.2) is 0 Å². The van der Waals surface area contributed by atoms with Crippen LogP contribution in [0.4, 0.5) is 5.69 Å². The largest absolute Gasteiger partial charge is 0.477 e. The van der Waals surface area contributed by atoms with Crippen LogP contribution in [0.3, 0.4) is 0 Å². The summed E-state index contributed by atoms with van der Waals surface area (Å²) in [5, 5.41) is 11.2. The molecule has 6 nitrogen and oxygen atoms in total. The minimum absolute atomic E-state index is 0.0578. The third-order valence-electron chi connectivity index (χ3n) is 3.59. The Bertz CT molecular complexity index is 550. The standard InChI is InChI=1S/C14H17ClN2O4/c1-10-4-2-3-7-16(10)14(18)9-21-13-6-5-11(15)8-12(13)17(19)20/h5-6,8,10H,2-4,7,9H2,1H3. The molecule has 1 amide bonds. The average Bonchev–Trinajstić information content (AvgIpc) is 2.46. The summed E-state index contributed by atoms with van der Waals surface area (Å²) in [7, 11) is 0. The fourth-order valence-corrected chi connectivity index (χ4v) is 2.61. The van der Waals surface area contributed by atoms with Crippen LogP contribution >= 0.6 is 11.6 Å². The van der Waals surface area contributed by atoms with Gasteiger partial charge in [0.25, 0.3) is 5.91 Å². The fourth-order valence-electron chi connectivity index (χ4n) is 2.45. The van der Waals surface area contributed by atoms with E-state index in [0.29, 0.717) is 6.54 Å². The monoisotopic (exact) mass is 312 g/mol. The molecule has 1 saturated heterocycles. The molecule has 1 aliphatic heterocycles. The van der Waals surface area contributed by atoms with Gasteiger partial charge in [-0.05, 0) is 38.3 Å².